The van der Waals surface area contributed by atoms with Crippen LogP contribution in [0.1, 0.15) is 91.2 Å². The van der Waals surface area contributed by atoms with Crippen LogP contribution in [-0.4, -0.2) is 44.5 Å². The second-order valence-corrected chi connectivity index (χ2v) is 10.6. The van der Waals surface area contributed by atoms with Gasteiger partial charge < -0.3 is 29.4 Å². The zero-order valence-electron chi connectivity index (χ0n) is 27.2. The summed E-state index contributed by atoms with van der Waals surface area (Å²) in [5.41, 5.74) is 6.11. The van der Waals surface area contributed by atoms with Crippen molar-refractivity contribution in [1.82, 2.24) is 5.32 Å². The number of hydrogen-bond donors (Lipinski definition) is 2. The summed E-state index contributed by atoms with van der Waals surface area (Å²) in [4.78, 5) is 23.1. The van der Waals surface area contributed by atoms with Gasteiger partial charge in [-0.3, -0.25) is 9.59 Å². The molecule has 0 fully saturated rings. The van der Waals surface area contributed by atoms with Gasteiger partial charge in [-0.05, 0) is 86.5 Å². The molecule has 42 heavy (non-hydrogen) atoms. The highest BCUT2D eigenvalue weighted by Gasteiger charge is 2.23. The number of amides is 1. The number of allylic oxidation sites excluding steroid dienone is 7. The highest BCUT2D eigenvalue weighted by molar-refractivity contribution is 5.92. The zero-order chi connectivity index (χ0) is 31.8. The summed E-state index contributed by atoms with van der Waals surface area (Å²) in [7, 11) is 4.61. The van der Waals surface area contributed by atoms with Crippen LogP contribution in [0.4, 0.5) is 0 Å². The van der Waals surface area contributed by atoms with Gasteiger partial charge in [-0.2, -0.15) is 0 Å². The molecule has 8 heteroatoms. The SMILES string of the molecule is COc1c(C)c(C/C=C(\C)CC/C=C(\C)CC/C=C(\C)CC/C=C(\C)C(=O)NC(C)OC(C)=O)c(O)c(OC)c1OC. The highest BCUT2D eigenvalue weighted by Crippen LogP contribution is 2.49. The second-order valence-electron chi connectivity index (χ2n) is 10.6. The van der Waals surface area contributed by atoms with Crippen molar-refractivity contribution in [2.75, 3.05) is 21.3 Å². The minimum Gasteiger partial charge on any atom is -0.504 e. The number of phenols is 1. The van der Waals surface area contributed by atoms with Gasteiger partial charge in [-0.25, -0.2) is 0 Å². The van der Waals surface area contributed by atoms with Gasteiger partial charge in [0.15, 0.2) is 17.7 Å². The number of hydrogen-bond acceptors (Lipinski definition) is 7. The Balaban J connectivity index is 2.56. The van der Waals surface area contributed by atoms with Crippen LogP contribution in [0.5, 0.6) is 23.0 Å². The number of benzene rings is 1. The van der Waals surface area contributed by atoms with Crippen molar-refractivity contribution in [3.8, 4) is 23.0 Å². The lowest BCUT2D eigenvalue weighted by Gasteiger charge is -2.19. The van der Waals surface area contributed by atoms with Crippen molar-refractivity contribution in [2.24, 2.45) is 0 Å². The molecule has 0 bridgehead atoms. The quantitative estimate of drug-likeness (QED) is 0.0849. The molecule has 1 amide bonds. The minimum absolute atomic E-state index is 0.0818. The fourth-order valence-corrected chi connectivity index (χ4v) is 4.56. The smallest absolute Gasteiger partial charge is 0.304 e. The Hall–Kier alpha value is -3.68. The van der Waals surface area contributed by atoms with Crippen LogP contribution < -0.4 is 19.5 Å². The van der Waals surface area contributed by atoms with E-state index in [1.165, 1.54) is 37.9 Å². The van der Waals surface area contributed by atoms with Crippen molar-refractivity contribution < 1.29 is 33.6 Å². The summed E-state index contributed by atoms with van der Waals surface area (Å²) in [6.45, 7) is 13.0. The van der Waals surface area contributed by atoms with Gasteiger partial charge in [0.25, 0.3) is 0 Å². The molecule has 0 spiro atoms. The molecule has 0 aliphatic rings. The van der Waals surface area contributed by atoms with E-state index in [4.69, 9.17) is 18.9 Å². The number of aromatic hydroxyl groups is 1. The monoisotopic (exact) mass is 585 g/mol. The van der Waals surface area contributed by atoms with Crippen molar-refractivity contribution in [2.45, 2.75) is 99.6 Å². The molecular formula is C34H51NO7. The molecule has 0 aliphatic carbocycles. The Bertz CT molecular complexity index is 1160. The lowest BCUT2D eigenvalue weighted by Crippen LogP contribution is -2.36. The zero-order valence-corrected chi connectivity index (χ0v) is 27.2. The lowest BCUT2D eigenvalue weighted by molar-refractivity contribution is -0.148. The summed E-state index contributed by atoms with van der Waals surface area (Å²) >= 11 is 0. The first kappa shape index (κ1) is 36.3. The van der Waals surface area contributed by atoms with E-state index in [0.29, 0.717) is 23.5 Å². The van der Waals surface area contributed by atoms with Crippen LogP contribution in [0.15, 0.2) is 46.6 Å². The number of carbonyl (C=O) groups excluding carboxylic acids is 2. The van der Waals surface area contributed by atoms with Crippen LogP contribution in [0.3, 0.4) is 0 Å². The average molecular weight is 586 g/mol. The van der Waals surface area contributed by atoms with Gasteiger partial charge in [-0.15, -0.1) is 0 Å². The molecular weight excluding hydrogens is 534 g/mol. The molecule has 8 nitrogen and oxygen atoms in total. The summed E-state index contributed by atoms with van der Waals surface area (Å²) in [6, 6.07) is 0. The Kier molecular flexibility index (Phi) is 16.2. The molecule has 1 aromatic rings. The van der Waals surface area contributed by atoms with Gasteiger partial charge in [0.05, 0.1) is 21.3 Å². The molecule has 0 saturated heterocycles. The largest absolute Gasteiger partial charge is 0.504 e. The molecule has 0 saturated carbocycles. The van der Waals surface area contributed by atoms with E-state index >= 15 is 0 Å². The average Bonchev–Trinajstić information content (AvgIpc) is 2.91. The third-order valence-electron chi connectivity index (χ3n) is 7.06. The molecule has 0 radical (unpaired) electrons. The number of nitrogens with one attached hydrogen (secondary N) is 1. The van der Waals surface area contributed by atoms with Crippen molar-refractivity contribution in [3.63, 3.8) is 0 Å². The fourth-order valence-electron chi connectivity index (χ4n) is 4.56. The number of methoxy groups -OCH3 is 3. The Morgan fingerprint density at radius 3 is 1.71 bits per heavy atom. The third-order valence-corrected chi connectivity index (χ3v) is 7.06. The predicted octanol–water partition coefficient (Wildman–Crippen LogP) is 7.42. The Labute approximate surface area is 252 Å². The van der Waals surface area contributed by atoms with Gasteiger partial charge in [0.1, 0.15) is 0 Å². The first-order valence-electron chi connectivity index (χ1n) is 14.5. The minimum atomic E-state index is -0.649. The molecule has 0 aliphatic heterocycles. The van der Waals surface area contributed by atoms with E-state index in [2.05, 4.69) is 44.3 Å². The van der Waals surface area contributed by atoms with Crippen LogP contribution >= 0.6 is 0 Å². The number of carbonyl (C=O) groups is 2. The van der Waals surface area contributed by atoms with Gasteiger partial charge in [0.2, 0.25) is 17.4 Å². The molecule has 1 aromatic carbocycles. The van der Waals surface area contributed by atoms with Crippen LogP contribution in [0.2, 0.25) is 0 Å². The van der Waals surface area contributed by atoms with Gasteiger partial charge in [-0.1, -0.05) is 41.0 Å². The number of esters is 1. The van der Waals surface area contributed by atoms with E-state index in [0.717, 1.165) is 49.7 Å². The molecule has 2 N–H and O–H groups in total. The first-order valence-corrected chi connectivity index (χ1v) is 14.5. The molecule has 1 atom stereocenters. The normalized spacial score (nSPS) is 13.5. The maximum absolute atomic E-state index is 12.2. The van der Waals surface area contributed by atoms with E-state index in [1.807, 2.05) is 13.0 Å². The van der Waals surface area contributed by atoms with Crippen molar-refractivity contribution >= 4 is 11.9 Å². The van der Waals surface area contributed by atoms with Crippen LogP contribution in [0.25, 0.3) is 0 Å². The summed E-state index contributed by atoms with van der Waals surface area (Å²) in [5, 5.41) is 13.4. The van der Waals surface area contributed by atoms with Crippen molar-refractivity contribution in [3.05, 3.63) is 57.7 Å². The molecule has 1 unspecified atom stereocenters. The van der Waals surface area contributed by atoms with E-state index in [1.54, 1.807) is 21.0 Å². The summed E-state index contributed by atoms with van der Waals surface area (Å²) in [5.74, 6) is 0.667. The summed E-state index contributed by atoms with van der Waals surface area (Å²) in [6.07, 6.45) is 14.1. The molecule has 0 heterocycles. The lowest BCUT2D eigenvalue weighted by atomic mass is 9.99. The van der Waals surface area contributed by atoms with Gasteiger partial charge >= 0.3 is 5.97 Å². The summed E-state index contributed by atoms with van der Waals surface area (Å²) < 4.78 is 21.3. The molecule has 0 aromatic heterocycles. The van der Waals surface area contributed by atoms with E-state index in [9.17, 15) is 14.7 Å². The number of ether oxygens (including phenoxy) is 4. The number of rotatable bonds is 17. The topological polar surface area (TPSA) is 103 Å². The van der Waals surface area contributed by atoms with Crippen molar-refractivity contribution in [1.29, 1.82) is 0 Å². The predicted molar refractivity (Wildman–Crippen MR) is 168 cm³/mol. The molecule has 1 rings (SSSR count). The van der Waals surface area contributed by atoms with E-state index in [-0.39, 0.29) is 17.4 Å². The van der Waals surface area contributed by atoms with Crippen LogP contribution in [0, 0.1) is 6.92 Å². The maximum Gasteiger partial charge on any atom is 0.304 e. The number of phenolic OH excluding ortho intramolecular Hbond substituents is 1. The Morgan fingerprint density at radius 1 is 0.762 bits per heavy atom. The van der Waals surface area contributed by atoms with Crippen LogP contribution in [-0.2, 0) is 20.7 Å². The molecule has 234 valence electrons. The first-order chi connectivity index (χ1) is 19.9. The third kappa shape index (κ3) is 12.0. The second kappa shape index (κ2) is 18.7. The highest BCUT2D eigenvalue weighted by atomic mass is 16.6. The Morgan fingerprint density at radius 2 is 1.24 bits per heavy atom. The maximum atomic E-state index is 12.2. The fraction of sp³-hybridized carbons (Fsp3) is 0.529. The van der Waals surface area contributed by atoms with Gasteiger partial charge in [0, 0.05) is 23.6 Å². The van der Waals surface area contributed by atoms with E-state index < -0.39 is 12.2 Å². The standard InChI is InChI=1S/C34H51NO7/c1-22(14-11-15-23(2)18-13-19-25(4)34(38)35-27(6)42-28(7)36)16-12-17-24(3)20-21-29-26(5)31(39-8)33(41-10)32(40-9)30(29)37/h15-16,19-20,27,37H,11-14,17-18,21H2,1-10H3,(H,35,38)/b22-16+,23-15+,24-20+,25-19+.